The zero-order valence-electron chi connectivity index (χ0n) is 7.02. The molecule has 0 amide bonds. The minimum absolute atomic E-state index is 0.125. The van der Waals surface area contributed by atoms with Crippen molar-refractivity contribution in [3.8, 4) is 0 Å². The van der Waals surface area contributed by atoms with Gasteiger partial charge < -0.3 is 4.55 Å². The van der Waals surface area contributed by atoms with Crippen LogP contribution in [-0.2, 0) is 11.4 Å². The Balaban J connectivity index is 4.15. The van der Waals surface area contributed by atoms with Crippen molar-refractivity contribution in [1.29, 1.82) is 0 Å². The molecule has 0 aliphatic heterocycles. The molecule has 10 heavy (non-hydrogen) atoms. The maximum absolute atomic E-state index is 11.0. The van der Waals surface area contributed by atoms with E-state index >= 15 is 0 Å². The number of nitrogens with two attached hydrogens (primary N) is 1. The van der Waals surface area contributed by atoms with E-state index in [2.05, 4.69) is 0 Å². The smallest absolute Gasteiger partial charge is 0.144 e. The molecule has 3 heteroatoms. The Morgan fingerprint density at radius 2 is 1.50 bits per heavy atom. The molecule has 0 spiro atoms. The van der Waals surface area contributed by atoms with Crippen LogP contribution in [0.2, 0.25) is 0 Å². The first kappa shape index (κ1) is 10.3. The summed E-state index contributed by atoms with van der Waals surface area (Å²) in [6.45, 7) is 6.12. The molecule has 0 saturated heterocycles. The fraction of sp³-hybridized carbons (Fsp3) is 1.00. The summed E-state index contributed by atoms with van der Waals surface area (Å²) in [6, 6.07) is 0. The van der Waals surface area contributed by atoms with Crippen molar-refractivity contribution >= 4 is 11.4 Å². The summed E-state index contributed by atoms with van der Waals surface area (Å²) < 4.78 is 10.9. The summed E-state index contributed by atoms with van der Waals surface area (Å²) in [7, 11) is 0. The Morgan fingerprint density at radius 1 is 1.20 bits per heavy atom. The molecule has 0 aliphatic carbocycles. The molecule has 0 rings (SSSR count). The van der Waals surface area contributed by atoms with E-state index in [4.69, 9.17) is 5.14 Å². The van der Waals surface area contributed by atoms with Crippen LogP contribution >= 0.6 is 0 Å². The number of hydrogen-bond acceptors (Lipinski definition) is 2. The van der Waals surface area contributed by atoms with Crippen molar-refractivity contribution < 1.29 is 4.55 Å². The highest BCUT2D eigenvalue weighted by atomic mass is 32.2. The molecule has 1 atom stereocenters. The van der Waals surface area contributed by atoms with Crippen LogP contribution in [0.1, 0.15) is 40.0 Å². The Kier molecular flexibility index (Phi) is 4.32. The second-order valence-corrected chi connectivity index (χ2v) is 4.00. The van der Waals surface area contributed by atoms with Gasteiger partial charge in [-0.05, 0) is 19.3 Å². The minimum atomic E-state index is -1.16. The molecular weight excluding hydrogens is 146 g/mol. The summed E-state index contributed by atoms with van der Waals surface area (Å²) in [5.41, 5.74) is 0. The highest BCUT2D eigenvalue weighted by Gasteiger charge is 2.35. The predicted molar refractivity (Wildman–Crippen MR) is 45.9 cm³/mol. The molecule has 0 fully saturated rings. The van der Waals surface area contributed by atoms with E-state index in [1.54, 1.807) is 0 Å². The second-order valence-electron chi connectivity index (χ2n) is 2.54. The maximum Gasteiger partial charge on any atom is 0.144 e. The normalized spacial score (nSPS) is 15.3. The summed E-state index contributed by atoms with van der Waals surface area (Å²) >= 11 is -1.16. The molecule has 0 aliphatic rings. The molecule has 0 aromatic rings. The molecule has 2 N–H and O–H groups in total. The van der Waals surface area contributed by atoms with Gasteiger partial charge in [0.05, 0.1) is 0 Å². The van der Waals surface area contributed by atoms with Crippen LogP contribution in [0.25, 0.3) is 0 Å². The Bertz CT molecular complexity index is 83.3. The molecule has 0 heterocycles. The zero-order valence-corrected chi connectivity index (χ0v) is 7.83. The van der Waals surface area contributed by atoms with Crippen LogP contribution < -0.4 is 5.14 Å². The third-order valence-electron chi connectivity index (χ3n) is 2.36. The van der Waals surface area contributed by atoms with Gasteiger partial charge in [-0.25, -0.2) is 0 Å². The van der Waals surface area contributed by atoms with Crippen molar-refractivity contribution in [2.24, 2.45) is 5.14 Å². The molecule has 0 saturated carbocycles. The summed E-state index contributed by atoms with van der Waals surface area (Å²) in [6.07, 6.45) is 2.72. The van der Waals surface area contributed by atoms with Crippen LogP contribution in [0.4, 0.5) is 0 Å². The van der Waals surface area contributed by atoms with Crippen LogP contribution in [-0.4, -0.2) is 9.30 Å². The first-order chi connectivity index (χ1) is 4.63. The fourth-order valence-electron chi connectivity index (χ4n) is 1.18. The Morgan fingerprint density at radius 3 is 1.50 bits per heavy atom. The number of rotatable bonds is 4. The molecule has 0 radical (unpaired) electrons. The van der Waals surface area contributed by atoms with Gasteiger partial charge in [0.15, 0.2) is 0 Å². The van der Waals surface area contributed by atoms with Gasteiger partial charge in [0.25, 0.3) is 0 Å². The van der Waals surface area contributed by atoms with E-state index < -0.39 is 11.4 Å². The van der Waals surface area contributed by atoms with E-state index in [0.717, 1.165) is 19.3 Å². The first-order valence-corrected chi connectivity index (χ1v) is 5.00. The third-order valence-corrected chi connectivity index (χ3v) is 4.08. The molecule has 0 aromatic heterocycles. The van der Waals surface area contributed by atoms with Gasteiger partial charge >= 0.3 is 0 Å². The lowest BCUT2D eigenvalue weighted by Crippen LogP contribution is -2.41. The number of hydrogen-bond donors (Lipinski definition) is 1. The van der Waals surface area contributed by atoms with Crippen molar-refractivity contribution in [2.45, 2.75) is 44.8 Å². The van der Waals surface area contributed by atoms with Gasteiger partial charge in [0, 0.05) is 11.4 Å². The standard InChI is InChI=1S/C7H17NOS/c1-4-7(5-2,6-3)10(8)9/h4-6,8H2,1-3H3/t10-/m1/s1. The van der Waals surface area contributed by atoms with Crippen molar-refractivity contribution in [1.82, 2.24) is 0 Å². The molecule has 62 valence electrons. The maximum atomic E-state index is 11.0. The van der Waals surface area contributed by atoms with Crippen LogP contribution in [0.3, 0.4) is 0 Å². The fourth-order valence-corrected chi connectivity index (χ4v) is 2.03. The van der Waals surface area contributed by atoms with Gasteiger partial charge in [-0.15, -0.1) is 0 Å². The largest absolute Gasteiger partial charge is 0.598 e. The molecule has 0 bridgehead atoms. The zero-order chi connectivity index (χ0) is 8.20. The monoisotopic (exact) mass is 163 g/mol. The van der Waals surface area contributed by atoms with Crippen molar-refractivity contribution in [3.05, 3.63) is 0 Å². The lowest BCUT2D eigenvalue weighted by molar-refractivity contribution is 0.468. The van der Waals surface area contributed by atoms with E-state index in [1.165, 1.54) is 0 Å². The van der Waals surface area contributed by atoms with E-state index in [0.29, 0.717) is 0 Å². The van der Waals surface area contributed by atoms with E-state index in [9.17, 15) is 4.55 Å². The van der Waals surface area contributed by atoms with Crippen LogP contribution in [0.15, 0.2) is 0 Å². The summed E-state index contributed by atoms with van der Waals surface area (Å²) in [4.78, 5) is 0. The average Bonchev–Trinajstić information content (AvgIpc) is 1.92. The van der Waals surface area contributed by atoms with Crippen LogP contribution in [0.5, 0.6) is 0 Å². The van der Waals surface area contributed by atoms with E-state index in [-0.39, 0.29) is 4.75 Å². The minimum Gasteiger partial charge on any atom is -0.598 e. The SMILES string of the molecule is CCC(CC)(CC)[S@+](N)[O-]. The highest BCUT2D eigenvalue weighted by Crippen LogP contribution is 2.26. The van der Waals surface area contributed by atoms with Gasteiger partial charge in [-0.2, -0.15) is 5.14 Å². The topological polar surface area (TPSA) is 49.1 Å². The lowest BCUT2D eigenvalue weighted by atomic mass is 9.99. The third kappa shape index (κ3) is 1.87. The van der Waals surface area contributed by atoms with Crippen molar-refractivity contribution in [3.63, 3.8) is 0 Å². The van der Waals surface area contributed by atoms with Gasteiger partial charge in [0.2, 0.25) is 0 Å². The summed E-state index contributed by atoms with van der Waals surface area (Å²) in [5, 5.41) is 5.38. The predicted octanol–water partition coefficient (Wildman–Crippen LogP) is 1.58. The van der Waals surface area contributed by atoms with E-state index in [1.807, 2.05) is 20.8 Å². The van der Waals surface area contributed by atoms with Crippen molar-refractivity contribution in [2.75, 3.05) is 0 Å². The first-order valence-electron chi connectivity index (χ1n) is 3.79. The summed E-state index contributed by atoms with van der Waals surface area (Å²) in [5.74, 6) is 0. The molecule has 2 nitrogen and oxygen atoms in total. The Labute approximate surface area is 66.5 Å². The lowest BCUT2D eigenvalue weighted by Gasteiger charge is -2.28. The average molecular weight is 163 g/mol. The van der Waals surface area contributed by atoms with Crippen LogP contribution in [0, 0.1) is 0 Å². The van der Waals surface area contributed by atoms with Gasteiger partial charge in [-0.1, -0.05) is 20.8 Å². The molecule has 0 unspecified atom stereocenters. The van der Waals surface area contributed by atoms with Gasteiger partial charge in [0.1, 0.15) is 4.75 Å². The Hall–Kier alpha value is 0.270. The van der Waals surface area contributed by atoms with Gasteiger partial charge in [-0.3, -0.25) is 0 Å². The second kappa shape index (κ2) is 4.21. The highest BCUT2D eigenvalue weighted by molar-refractivity contribution is 7.90. The molecular formula is C7H17NOS. The quantitative estimate of drug-likeness (QED) is 0.640. The molecule has 0 aromatic carbocycles.